The van der Waals surface area contributed by atoms with E-state index in [9.17, 15) is 14.4 Å². The molecule has 0 saturated heterocycles. The lowest BCUT2D eigenvalue weighted by molar-refractivity contribution is -0.360. The highest BCUT2D eigenvalue weighted by Gasteiger charge is 2.25. The van der Waals surface area contributed by atoms with Gasteiger partial charge in [0.15, 0.2) is 0 Å². The molecule has 0 N–H and O–H groups in total. The third-order valence-corrected chi connectivity index (χ3v) is 2.69. The Hall–Kier alpha value is -2.69. The van der Waals surface area contributed by atoms with Crippen LogP contribution >= 0.6 is 0 Å². The molecular weight excluding hydrogens is 261 g/mol. The number of halogens is 1. The molecule has 0 bridgehead atoms. The summed E-state index contributed by atoms with van der Waals surface area (Å²) in [5.41, 5.74) is 0.382. The second kappa shape index (κ2) is 5.97. The van der Waals surface area contributed by atoms with Crippen LogP contribution in [0.25, 0.3) is 0 Å². The number of hydrogen-bond acceptors (Lipinski definition) is 3. The van der Waals surface area contributed by atoms with Crippen LogP contribution in [0.5, 0.6) is 0 Å². The Balaban J connectivity index is 2.58. The first-order chi connectivity index (χ1) is 9.63. The minimum Gasteiger partial charge on any atom is -0.618 e. The summed E-state index contributed by atoms with van der Waals surface area (Å²) in [7, 11) is 1.19. The van der Waals surface area contributed by atoms with E-state index in [1.165, 1.54) is 31.4 Å². The number of para-hydroxylation sites is 1. The molecule has 0 heterocycles. The van der Waals surface area contributed by atoms with Crippen LogP contribution in [0.2, 0.25) is 0 Å². The molecule has 20 heavy (non-hydrogen) atoms. The van der Waals surface area contributed by atoms with Crippen LogP contribution in [0.15, 0.2) is 54.6 Å². The number of rotatable bonds is 3. The molecule has 102 valence electrons. The van der Waals surface area contributed by atoms with Crippen LogP contribution in [0.1, 0.15) is 5.56 Å². The Morgan fingerprint density at radius 1 is 1.10 bits per heavy atom. The van der Waals surface area contributed by atoms with E-state index in [0.717, 1.165) is 0 Å². The van der Waals surface area contributed by atoms with Gasteiger partial charge >= 0.3 is 11.7 Å². The second-order valence-electron chi connectivity index (χ2n) is 3.98. The van der Waals surface area contributed by atoms with E-state index in [1.54, 1.807) is 30.3 Å². The van der Waals surface area contributed by atoms with E-state index in [0.29, 0.717) is 4.74 Å². The van der Waals surface area contributed by atoms with Crippen molar-refractivity contribution in [3.63, 3.8) is 0 Å². The Labute approximate surface area is 115 Å². The number of hydrogen-bond donors (Lipinski definition) is 0. The zero-order chi connectivity index (χ0) is 14.5. The third kappa shape index (κ3) is 2.83. The zero-order valence-electron chi connectivity index (χ0n) is 10.7. The number of nitrogens with zero attached hydrogens (tertiary/aromatic N) is 1. The van der Waals surface area contributed by atoms with Gasteiger partial charge in [-0.3, -0.25) is 0 Å². The van der Waals surface area contributed by atoms with E-state index >= 15 is 0 Å². The molecule has 0 aliphatic carbocycles. The summed E-state index contributed by atoms with van der Waals surface area (Å²) in [6, 6.07) is 13.3. The zero-order valence-corrected chi connectivity index (χ0v) is 10.7. The first-order valence-corrected chi connectivity index (χ1v) is 5.87. The molecule has 0 radical (unpaired) electrons. The van der Waals surface area contributed by atoms with Gasteiger partial charge in [0.1, 0.15) is 5.82 Å². The highest BCUT2D eigenvalue weighted by atomic mass is 19.1. The fraction of sp³-hybridized carbons (Fsp3) is 0.0667. The van der Waals surface area contributed by atoms with Crippen molar-refractivity contribution in [1.82, 2.24) is 0 Å². The molecule has 0 aliphatic heterocycles. The van der Waals surface area contributed by atoms with Crippen LogP contribution in [0, 0.1) is 11.0 Å². The average Bonchev–Trinajstić information content (AvgIpc) is 2.50. The summed E-state index contributed by atoms with van der Waals surface area (Å²) in [6.45, 7) is 0. The lowest BCUT2D eigenvalue weighted by Crippen LogP contribution is -2.25. The van der Waals surface area contributed by atoms with Crippen molar-refractivity contribution in [3.05, 3.63) is 71.2 Å². The number of esters is 1. The number of methoxy groups -OCH3 is 1. The molecule has 2 aromatic rings. The summed E-state index contributed by atoms with van der Waals surface area (Å²) >= 11 is 0. The molecule has 0 aromatic heterocycles. The van der Waals surface area contributed by atoms with Crippen molar-refractivity contribution in [2.24, 2.45) is 0 Å². The summed E-state index contributed by atoms with van der Waals surface area (Å²) in [6.07, 6.45) is 0. The van der Waals surface area contributed by atoms with Crippen molar-refractivity contribution in [2.45, 2.75) is 0 Å². The Morgan fingerprint density at radius 2 is 1.70 bits per heavy atom. The molecule has 0 amide bonds. The van der Waals surface area contributed by atoms with Gasteiger partial charge in [0, 0.05) is 12.1 Å². The number of ether oxygens (including phenoxy) is 1. The van der Waals surface area contributed by atoms with Crippen LogP contribution < -0.4 is 0 Å². The predicted molar refractivity (Wildman–Crippen MR) is 72.3 cm³/mol. The van der Waals surface area contributed by atoms with Crippen LogP contribution in [-0.4, -0.2) is 23.5 Å². The van der Waals surface area contributed by atoms with Crippen molar-refractivity contribution in [3.8, 4) is 0 Å². The van der Waals surface area contributed by atoms with Gasteiger partial charge < -0.3 is 9.94 Å². The number of carbonyl (C=O) groups is 1. The van der Waals surface area contributed by atoms with Gasteiger partial charge in [-0.1, -0.05) is 18.2 Å². The Morgan fingerprint density at radius 3 is 2.25 bits per heavy atom. The fourth-order valence-electron chi connectivity index (χ4n) is 1.71. The first-order valence-electron chi connectivity index (χ1n) is 5.87. The van der Waals surface area contributed by atoms with E-state index in [1.807, 2.05) is 0 Å². The summed E-state index contributed by atoms with van der Waals surface area (Å²) in [4.78, 5) is 11.8. The van der Waals surface area contributed by atoms with Gasteiger partial charge in [-0.15, -0.1) is 0 Å². The van der Waals surface area contributed by atoms with Gasteiger partial charge in [0.2, 0.25) is 5.69 Å². The van der Waals surface area contributed by atoms with Gasteiger partial charge in [-0.05, 0) is 24.3 Å². The largest absolute Gasteiger partial charge is 0.618 e. The highest BCUT2D eigenvalue weighted by molar-refractivity contribution is 6.41. The van der Waals surface area contributed by atoms with Crippen molar-refractivity contribution >= 4 is 17.4 Å². The van der Waals surface area contributed by atoms with E-state index < -0.39 is 11.8 Å². The van der Waals surface area contributed by atoms with Gasteiger partial charge in [0.25, 0.3) is 0 Å². The van der Waals surface area contributed by atoms with E-state index in [4.69, 9.17) is 0 Å². The minimum absolute atomic E-state index is 0.196. The average molecular weight is 273 g/mol. The minimum atomic E-state index is -0.782. The molecule has 0 spiro atoms. The summed E-state index contributed by atoms with van der Waals surface area (Å²) in [5, 5.41) is 12.3. The number of benzene rings is 2. The highest BCUT2D eigenvalue weighted by Crippen LogP contribution is 2.14. The topological polar surface area (TPSA) is 52.4 Å². The quantitative estimate of drug-likeness (QED) is 0.284. The Kier molecular flexibility index (Phi) is 4.10. The molecule has 4 nitrogen and oxygen atoms in total. The second-order valence-corrected chi connectivity index (χ2v) is 3.98. The molecule has 0 fully saturated rings. The maximum absolute atomic E-state index is 12.9. The Bertz CT molecular complexity index is 636. The molecule has 0 saturated carbocycles. The molecule has 0 unspecified atom stereocenters. The lowest BCUT2D eigenvalue weighted by Gasteiger charge is -2.09. The van der Waals surface area contributed by atoms with E-state index in [-0.39, 0.29) is 17.0 Å². The number of carbonyl (C=O) groups excluding carboxylic acids is 1. The van der Waals surface area contributed by atoms with Gasteiger partial charge in [-0.2, -0.15) is 4.74 Å². The SMILES string of the molecule is COC(=O)/C(c1ccc(F)cc1)=[N+](/[O-])c1ccccc1. The summed E-state index contributed by atoms with van der Waals surface area (Å²) in [5.74, 6) is -1.23. The summed E-state index contributed by atoms with van der Waals surface area (Å²) < 4.78 is 18.0. The van der Waals surface area contributed by atoms with Crippen LogP contribution in [0.3, 0.4) is 0 Å². The molecule has 0 atom stereocenters. The molecule has 5 heteroatoms. The maximum atomic E-state index is 12.9. The van der Waals surface area contributed by atoms with Crippen LogP contribution in [-0.2, 0) is 9.53 Å². The monoisotopic (exact) mass is 273 g/mol. The van der Waals surface area contributed by atoms with E-state index in [2.05, 4.69) is 4.74 Å². The fourth-order valence-corrected chi connectivity index (χ4v) is 1.71. The first kappa shape index (κ1) is 13.7. The maximum Gasteiger partial charge on any atom is 0.405 e. The van der Waals surface area contributed by atoms with Crippen molar-refractivity contribution in [1.29, 1.82) is 0 Å². The van der Waals surface area contributed by atoms with Crippen molar-refractivity contribution in [2.75, 3.05) is 7.11 Å². The predicted octanol–water partition coefficient (Wildman–Crippen LogP) is 2.63. The van der Waals surface area contributed by atoms with Gasteiger partial charge in [0.05, 0.1) is 12.7 Å². The lowest BCUT2D eigenvalue weighted by atomic mass is 10.1. The molecule has 2 rings (SSSR count). The molecule has 0 aliphatic rings. The van der Waals surface area contributed by atoms with Crippen LogP contribution in [0.4, 0.5) is 10.1 Å². The molecular formula is C15H12FNO3. The third-order valence-electron chi connectivity index (χ3n) is 2.69. The normalized spacial score (nSPS) is 11.7. The molecule has 2 aromatic carbocycles. The standard InChI is InChI=1S/C15H12FNO3/c1-20-15(18)14(11-7-9-12(16)10-8-11)17(19)13-5-3-2-4-6-13/h2-10H,1H3/b17-14+. The van der Waals surface area contributed by atoms with Gasteiger partial charge in [-0.25, -0.2) is 9.18 Å². The van der Waals surface area contributed by atoms with Crippen molar-refractivity contribution < 1.29 is 18.7 Å². The smallest absolute Gasteiger partial charge is 0.405 e.